The fourth-order valence-electron chi connectivity index (χ4n) is 2.37. The van der Waals surface area contributed by atoms with Gasteiger partial charge in [0.2, 0.25) is 10.0 Å². The van der Waals surface area contributed by atoms with Gasteiger partial charge in [-0.2, -0.15) is 0 Å². The summed E-state index contributed by atoms with van der Waals surface area (Å²) in [6.45, 7) is 6.87. The van der Waals surface area contributed by atoms with Crippen LogP contribution in [0.5, 0.6) is 0 Å². The first-order valence-corrected chi connectivity index (χ1v) is 8.32. The zero-order valence-corrected chi connectivity index (χ0v) is 12.9. The van der Waals surface area contributed by atoms with E-state index < -0.39 is 21.7 Å². The van der Waals surface area contributed by atoms with Gasteiger partial charge < -0.3 is 10.0 Å². The summed E-state index contributed by atoms with van der Waals surface area (Å²) in [5.74, 6) is 0.0683. The lowest BCUT2D eigenvalue weighted by Crippen LogP contribution is -2.50. The zero-order chi connectivity index (χ0) is 14.8. The summed E-state index contributed by atoms with van der Waals surface area (Å²) >= 11 is 0. The molecule has 6 nitrogen and oxygen atoms in total. The molecule has 19 heavy (non-hydrogen) atoms. The van der Waals surface area contributed by atoms with Gasteiger partial charge in [-0.3, -0.25) is 0 Å². The van der Waals surface area contributed by atoms with Gasteiger partial charge in [0.1, 0.15) is 0 Å². The first kappa shape index (κ1) is 16.2. The van der Waals surface area contributed by atoms with Crippen LogP contribution in [0, 0.1) is 5.92 Å². The highest BCUT2D eigenvalue weighted by Crippen LogP contribution is 2.23. The van der Waals surface area contributed by atoms with Gasteiger partial charge in [-0.1, -0.05) is 0 Å². The minimum atomic E-state index is -3.18. The summed E-state index contributed by atoms with van der Waals surface area (Å²) in [5.41, 5.74) is -0.473. The second kappa shape index (κ2) is 5.66. The van der Waals surface area contributed by atoms with Gasteiger partial charge in [-0.25, -0.2) is 17.5 Å². The lowest BCUT2D eigenvalue weighted by atomic mass is 9.96. The van der Waals surface area contributed by atoms with E-state index in [2.05, 4.69) is 0 Å². The van der Waals surface area contributed by atoms with Crippen LogP contribution >= 0.6 is 0 Å². The molecule has 1 fully saturated rings. The van der Waals surface area contributed by atoms with Crippen molar-refractivity contribution in [1.82, 2.24) is 9.21 Å². The van der Waals surface area contributed by atoms with Crippen LogP contribution in [0.1, 0.15) is 33.6 Å². The van der Waals surface area contributed by atoms with E-state index in [0.717, 1.165) is 12.8 Å². The first-order chi connectivity index (χ1) is 8.51. The van der Waals surface area contributed by atoms with Crippen LogP contribution in [0.25, 0.3) is 0 Å². The Bertz CT molecular complexity index is 428. The number of hydrogen-bond acceptors (Lipinski definition) is 3. The smallest absolute Gasteiger partial charge is 0.407 e. The molecule has 7 heteroatoms. The van der Waals surface area contributed by atoms with Crippen molar-refractivity contribution in [2.45, 2.75) is 39.2 Å². The van der Waals surface area contributed by atoms with Gasteiger partial charge in [0, 0.05) is 25.2 Å². The molecular weight excluding hydrogens is 268 g/mol. The van der Waals surface area contributed by atoms with Gasteiger partial charge in [-0.05, 0) is 39.5 Å². The van der Waals surface area contributed by atoms with E-state index in [1.165, 1.54) is 15.5 Å². The number of carbonyl (C=O) groups is 1. The molecule has 0 aromatic carbocycles. The maximum Gasteiger partial charge on any atom is 0.407 e. The molecule has 0 radical (unpaired) electrons. The Hall–Kier alpha value is -0.820. The van der Waals surface area contributed by atoms with Crippen LogP contribution in [-0.4, -0.2) is 60.3 Å². The van der Waals surface area contributed by atoms with Crippen molar-refractivity contribution in [3.05, 3.63) is 0 Å². The molecule has 1 rings (SSSR count). The second-order valence-electron chi connectivity index (χ2n) is 6.19. The number of amides is 1. The lowest BCUT2D eigenvalue weighted by Gasteiger charge is -2.38. The summed E-state index contributed by atoms with van der Waals surface area (Å²) in [5, 5.41) is 9.26. The van der Waals surface area contributed by atoms with Gasteiger partial charge in [0.15, 0.2) is 0 Å². The van der Waals surface area contributed by atoms with Crippen molar-refractivity contribution in [2.24, 2.45) is 5.92 Å². The Labute approximate surface area is 115 Å². The molecule has 1 amide bonds. The van der Waals surface area contributed by atoms with Gasteiger partial charge in [0.25, 0.3) is 0 Å². The molecule has 1 aliphatic rings. The fraction of sp³-hybridized carbons (Fsp3) is 0.917. The molecule has 0 aromatic rings. The molecule has 1 N–H and O–H groups in total. The molecule has 112 valence electrons. The summed E-state index contributed by atoms with van der Waals surface area (Å²) < 4.78 is 24.5. The molecule has 0 aromatic heterocycles. The first-order valence-electron chi connectivity index (χ1n) is 6.47. The van der Waals surface area contributed by atoms with Crippen LogP contribution in [0.2, 0.25) is 0 Å². The minimum Gasteiger partial charge on any atom is -0.465 e. The highest BCUT2D eigenvalue weighted by Gasteiger charge is 2.32. The Kier molecular flexibility index (Phi) is 4.84. The van der Waals surface area contributed by atoms with E-state index in [4.69, 9.17) is 0 Å². The zero-order valence-electron chi connectivity index (χ0n) is 12.1. The summed E-state index contributed by atoms with van der Waals surface area (Å²) in [7, 11) is -3.18. The number of hydrogen-bond donors (Lipinski definition) is 1. The van der Waals surface area contributed by atoms with E-state index in [1.807, 2.05) is 20.8 Å². The topological polar surface area (TPSA) is 77.9 Å². The molecule has 1 aliphatic heterocycles. The van der Waals surface area contributed by atoms with Crippen LogP contribution in [-0.2, 0) is 10.0 Å². The average molecular weight is 292 g/mol. The molecule has 0 saturated carbocycles. The molecule has 1 atom stereocenters. The third-order valence-corrected chi connectivity index (χ3v) is 4.70. The van der Waals surface area contributed by atoms with E-state index in [9.17, 15) is 18.3 Å². The number of piperidine rings is 1. The SMILES string of the molecule is CC(C)(C)N(CC1CCCN(S(C)(=O)=O)C1)C(=O)O. The normalized spacial score (nSPS) is 22.2. The molecular formula is C12H24N2O4S. The summed E-state index contributed by atoms with van der Waals surface area (Å²) in [6.07, 6.45) is 1.90. The fourth-order valence-corrected chi connectivity index (χ4v) is 3.32. The van der Waals surface area contributed by atoms with Crippen molar-refractivity contribution in [3.8, 4) is 0 Å². The number of nitrogens with zero attached hydrogens (tertiary/aromatic N) is 2. The van der Waals surface area contributed by atoms with Crippen molar-refractivity contribution in [3.63, 3.8) is 0 Å². The number of rotatable bonds is 3. The largest absolute Gasteiger partial charge is 0.465 e. The summed E-state index contributed by atoms with van der Waals surface area (Å²) in [4.78, 5) is 12.7. The average Bonchev–Trinajstić information content (AvgIpc) is 2.23. The van der Waals surface area contributed by atoms with E-state index in [-0.39, 0.29) is 5.92 Å². The van der Waals surface area contributed by atoms with Crippen molar-refractivity contribution < 1.29 is 18.3 Å². The Morgan fingerprint density at radius 2 is 2.00 bits per heavy atom. The maximum absolute atomic E-state index is 11.5. The predicted molar refractivity (Wildman–Crippen MR) is 73.6 cm³/mol. The molecule has 0 spiro atoms. The standard InChI is InChI=1S/C12H24N2O4S/c1-12(2,3)14(11(15)16)9-10-6-5-7-13(8-10)19(4,17)18/h10H,5-9H2,1-4H3,(H,15,16). The number of sulfonamides is 1. The molecule has 1 unspecified atom stereocenters. The third-order valence-electron chi connectivity index (χ3n) is 3.43. The summed E-state index contributed by atoms with van der Waals surface area (Å²) in [6, 6.07) is 0. The molecule has 1 saturated heterocycles. The van der Waals surface area contributed by atoms with Crippen LogP contribution in [0.4, 0.5) is 4.79 Å². The Morgan fingerprint density at radius 3 is 2.42 bits per heavy atom. The molecule has 0 aliphatic carbocycles. The van der Waals surface area contributed by atoms with Gasteiger partial charge in [0.05, 0.1) is 6.26 Å². The highest BCUT2D eigenvalue weighted by atomic mass is 32.2. The van der Waals surface area contributed by atoms with E-state index in [0.29, 0.717) is 19.6 Å². The van der Waals surface area contributed by atoms with Gasteiger partial charge >= 0.3 is 6.09 Å². The molecule has 0 bridgehead atoms. The maximum atomic E-state index is 11.5. The minimum absolute atomic E-state index is 0.0683. The van der Waals surface area contributed by atoms with Crippen molar-refractivity contribution >= 4 is 16.1 Å². The second-order valence-corrected chi connectivity index (χ2v) is 8.18. The van der Waals surface area contributed by atoms with Crippen LogP contribution in [0.3, 0.4) is 0 Å². The van der Waals surface area contributed by atoms with E-state index in [1.54, 1.807) is 0 Å². The monoisotopic (exact) mass is 292 g/mol. The van der Waals surface area contributed by atoms with Crippen molar-refractivity contribution in [1.29, 1.82) is 0 Å². The predicted octanol–water partition coefficient (Wildman–Crippen LogP) is 1.44. The third kappa shape index (κ3) is 4.65. The quantitative estimate of drug-likeness (QED) is 0.853. The van der Waals surface area contributed by atoms with Crippen molar-refractivity contribution in [2.75, 3.05) is 25.9 Å². The lowest BCUT2D eigenvalue weighted by molar-refractivity contribution is 0.0800. The molecule has 1 heterocycles. The Morgan fingerprint density at radius 1 is 1.42 bits per heavy atom. The van der Waals surface area contributed by atoms with E-state index >= 15 is 0 Å². The van der Waals surface area contributed by atoms with Crippen LogP contribution in [0.15, 0.2) is 0 Å². The van der Waals surface area contributed by atoms with Crippen LogP contribution < -0.4 is 0 Å². The Balaban J connectivity index is 2.73. The van der Waals surface area contributed by atoms with Gasteiger partial charge in [-0.15, -0.1) is 0 Å². The number of carboxylic acid groups (broad SMARTS) is 1. The highest BCUT2D eigenvalue weighted by molar-refractivity contribution is 7.88.